The lowest BCUT2D eigenvalue weighted by molar-refractivity contribution is 0.111. The fourth-order valence-electron chi connectivity index (χ4n) is 1.74. The quantitative estimate of drug-likeness (QED) is 0.663. The van der Waals surface area contributed by atoms with Crippen LogP contribution in [-0.2, 0) is 6.54 Å². The molecular weight excluding hydrogens is 244 g/mol. The van der Waals surface area contributed by atoms with Crippen molar-refractivity contribution in [3.8, 4) is 11.3 Å². The topological polar surface area (TPSA) is 73.8 Å². The number of hydrogen-bond donors (Lipinski definition) is 0. The zero-order valence-corrected chi connectivity index (χ0v) is 9.93. The van der Waals surface area contributed by atoms with Crippen molar-refractivity contribution in [1.29, 1.82) is 0 Å². The number of rotatable bonds is 4. The van der Waals surface area contributed by atoms with Crippen LogP contribution in [0.15, 0.2) is 47.1 Å². The van der Waals surface area contributed by atoms with Gasteiger partial charge < -0.3 is 4.52 Å². The zero-order valence-electron chi connectivity index (χ0n) is 9.93. The van der Waals surface area contributed by atoms with Crippen LogP contribution in [0.3, 0.4) is 0 Å². The molecule has 94 valence electrons. The number of carbonyl (C=O) groups is 1. The van der Waals surface area contributed by atoms with E-state index in [1.807, 2.05) is 36.4 Å². The number of aromatic nitrogens is 4. The van der Waals surface area contributed by atoms with Crippen molar-refractivity contribution in [2.45, 2.75) is 6.54 Å². The molecule has 6 nitrogen and oxygen atoms in total. The third-order valence-electron chi connectivity index (χ3n) is 2.62. The van der Waals surface area contributed by atoms with Crippen molar-refractivity contribution < 1.29 is 9.32 Å². The maximum absolute atomic E-state index is 10.5. The monoisotopic (exact) mass is 254 g/mol. The third kappa shape index (κ3) is 2.42. The molecule has 0 fully saturated rings. The molecule has 0 N–H and O–H groups in total. The maximum Gasteiger partial charge on any atom is 0.171 e. The van der Waals surface area contributed by atoms with E-state index >= 15 is 0 Å². The van der Waals surface area contributed by atoms with Gasteiger partial charge in [0.15, 0.2) is 12.0 Å². The highest BCUT2D eigenvalue weighted by atomic mass is 16.5. The van der Waals surface area contributed by atoms with Crippen molar-refractivity contribution in [2.75, 3.05) is 0 Å². The number of benzene rings is 1. The Hall–Kier alpha value is -2.76. The van der Waals surface area contributed by atoms with Gasteiger partial charge in [0.05, 0.1) is 6.20 Å². The molecule has 0 aliphatic carbocycles. The molecule has 6 heteroatoms. The standard InChI is InChI=1S/C13H10N4O2/c18-9-11-7-17(16-14-11)8-12-6-13(15-19-12)10-4-2-1-3-5-10/h1-7,9H,8H2. The predicted octanol–water partition coefficient (Wildman–Crippen LogP) is 1.79. The minimum Gasteiger partial charge on any atom is -0.359 e. The number of nitrogens with zero attached hydrogens (tertiary/aromatic N) is 4. The average molecular weight is 254 g/mol. The van der Waals surface area contributed by atoms with Gasteiger partial charge in [-0.1, -0.05) is 40.7 Å². The molecule has 0 aliphatic heterocycles. The van der Waals surface area contributed by atoms with Crippen LogP contribution in [0, 0.1) is 0 Å². The summed E-state index contributed by atoms with van der Waals surface area (Å²) < 4.78 is 6.77. The second kappa shape index (κ2) is 4.85. The molecule has 19 heavy (non-hydrogen) atoms. The lowest BCUT2D eigenvalue weighted by Crippen LogP contribution is -1.98. The first-order valence-electron chi connectivity index (χ1n) is 5.71. The maximum atomic E-state index is 10.5. The molecule has 0 saturated heterocycles. The first-order chi connectivity index (χ1) is 9.35. The van der Waals surface area contributed by atoms with Gasteiger partial charge in [-0.2, -0.15) is 0 Å². The van der Waals surface area contributed by atoms with Crippen LogP contribution in [0.2, 0.25) is 0 Å². The molecule has 2 aromatic heterocycles. The van der Waals surface area contributed by atoms with E-state index in [1.165, 1.54) is 4.68 Å². The van der Waals surface area contributed by atoms with Crippen molar-refractivity contribution in [2.24, 2.45) is 0 Å². The highest BCUT2D eigenvalue weighted by molar-refractivity contribution is 5.70. The van der Waals surface area contributed by atoms with Crippen LogP contribution in [0.1, 0.15) is 16.2 Å². The Kier molecular flexibility index (Phi) is 2.89. The molecule has 0 unspecified atom stereocenters. The van der Waals surface area contributed by atoms with Gasteiger partial charge in [-0.25, -0.2) is 4.68 Å². The van der Waals surface area contributed by atoms with E-state index in [4.69, 9.17) is 4.52 Å². The summed E-state index contributed by atoms with van der Waals surface area (Å²) in [5, 5.41) is 11.5. The summed E-state index contributed by atoms with van der Waals surface area (Å²) in [6, 6.07) is 11.6. The summed E-state index contributed by atoms with van der Waals surface area (Å²) in [4.78, 5) is 10.5. The predicted molar refractivity (Wildman–Crippen MR) is 66.5 cm³/mol. The normalized spacial score (nSPS) is 10.5. The van der Waals surface area contributed by atoms with E-state index in [2.05, 4.69) is 15.5 Å². The third-order valence-corrected chi connectivity index (χ3v) is 2.62. The first kappa shape index (κ1) is 11.3. The summed E-state index contributed by atoms with van der Waals surface area (Å²) in [5.74, 6) is 0.654. The molecule has 0 amide bonds. The molecular formula is C13H10N4O2. The van der Waals surface area contributed by atoms with Crippen LogP contribution in [0.5, 0.6) is 0 Å². The highest BCUT2D eigenvalue weighted by Crippen LogP contribution is 2.18. The molecule has 0 saturated carbocycles. The average Bonchev–Trinajstić information content (AvgIpc) is 3.09. The van der Waals surface area contributed by atoms with Crippen LogP contribution >= 0.6 is 0 Å². The van der Waals surface area contributed by atoms with Gasteiger partial charge in [0.1, 0.15) is 17.9 Å². The Morgan fingerprint density at radius 3 is 2.84 bits per heavy atom. The molecule has 0 atom stereocenters. The van der Waals surface area contributed by atoms with Gasteiger partial charge in [-0.05, 0) is 0 Å². The summed E-state index contributed by atoms with van der Waals surface area (Å²) in [7, 11) is 0. The zero-order chi connectivity index (χ0) is 13.1. The molecule has 3 rings (SSSR count). The Morgan fingerprint density at radius 1 is 1.26 bits per heavy atom. The number of hydrogen-bond acceptors (Lipinski definition) is 5. The molecule has 0 bridgehead atoms. The second-order valence-electron chi connectivity index (χ2n) is 4.00. The minimum atomic E-state index is 0.294. The van der Waals surface area contributed by atoms with E-state index < -0.39 is 0 Å². The number of aldehydes is 1. The lowest BCUT2D eigenvalue weighted by Gasteiger charge is -1.93. The first-order valence-corrected chi connectivity index (χ1v) is 5.71. The Balaban J connectivity index is 1.80. The van der Waals surface area contributed by atoms with Gasteiger partial charge in [0, 0.05) is 11.6 Å². The van der Waals surface area contributed by atoms with E-state index in [0.717, 1.165) is 11.3 Å². The summed E-state index contributed by atoms with van der Waals surface area (Å²) in [5.41, 5.74) is 2.05. The smallest absolute Gasteiger partial charge is 0.171 e. The van der Waals surface area contributed by atoms with Gasteiger partial charge in [0.25, 0.3) is 0 Å². The lowest BCUT2D eigenvalue weighted by atomic mass is 10.1. The Labute approximate surface area is 108 Å². The van der Waals surface area contributed by atoms with Crippen molar-refractivity contribution in [3.63, 3.8) is 0 Å². The Morgan fingerprint density at radius 2 is 2.11 bits per heavy atom. The summed E-state index contributed by atoms with van der Waals surface area (Å²) in [6.07, 6.45) is 2.21. The van der Waals surface area contributed by atoms with Crippen LogP contribution in [0.4, 0.5) is 0 Å². The summed E-state index contributed by atoms with van der Waals surface area (Å²) >= 11 is 0. The van der Waals surface area contributed by atoms with Gasteiger partial charge >= 0.3 is 0 Å². The minimum absolute atomic E-state index is 0.294. The van der Waals surface area contributed by atoms with Gasteiger partial charge in [-0.15, -0.1) is 5.10 Å². The molecule has 1 aromatic carbocycles. The largest absolute Gasteiger partial charge is 0.359 e. The Bertz CT molecular complexity index is 688. The SMILES string of the molecule is O=Cc1cn(Cc2cc(-c3ccccc3)no2)nn1. The van der Waals surface area contributed by atoms with Gasteiger partial charge in [0.2, 0.25) is 0 Å². The van der Waals surface area contributed by atoms with Gasteiger partial charge in [-0.3, -0.25) is 4.79 Å². The van der Waals surface area contributed by atoms with Crippen molar-refractivity contribution in [1.82, 2.24) is 20.2 Å². The fourth-order valence-corrected chi connectivity index (χ4v) is 1.74. The molecule has 2 heterocycles. The highest BCUT2D eigenvalue weighted by Gasteiger charge is 2.08. The van der Waals surface area contributed by atoms with Crippen LogP contribution in [-0.4, -0.2) is 26.4 Å². The second-order valence-corrected chi connectivity index (χ2v) is 4.00. The molecule has 3 aromatic rings. The van der Waals surface area contributed by atoms with E-state index in [9.17, 15) is 4.79 Å². The molecule has 0 spiro atoms. The van der Waals surface area contributed by atoms with Crippen molar-refractivity contribution >= 4 is 6.29 Å². The fraction of sp³-hybridized carbons (Fsp3) is 0.0769. The van der Waals surface area contributed by atoms with Crippen LogP contribution in [0.25, 0.3) is 11.3 Å². The van der Waals surface area contributed by atoms with Crippen molar-refractivity contribution in [3.05, 3.63) is 54.0 Å². The molecule has 0 aliphatic rings. The van der Waals surface area contributed by atoms with E-state index in [0.29, 0.717) is 24.3 Å². The van der Waals surface area contributed by atoms with Crippen LogP contribution < -0.4 is 0 Å². The van der Waals surface area contributed by atoms with E-state index in [1.54, 1.807) is 6.20 Å². The van der Waals surface area contributed by atoms with E-state index in [-0.39, 0.29) is 0 Å². The number of carbonyl (C=O) groups excluding carboxylic acids is 1. The molecule has 0 radical (unpaired) electrons. The summed E-state index contributed by atoms with van der Waals surface area (Å²) in [6.45, 7) is 0.390.